The van der Waals surface area contributed by atoms with Crippen molar-refractivity contribution in [3.8, 4) is 0 Å². The molecule has 0 aliphatic carbocycles. The summed E-state index contributed by atoms with van der Waals surface area (Å²) in [5, 5.41) is 0. The van der Waals surface area contributed by atoms with Crippen molar-refractivity contribution in [1.29, 1.82) is 0 Å². The average Bonchev–Trinajstić information content (AvgIpc) is 2.57. The third-order valence-corrected chi connectivity index (χ3v) is 3.31. The Kier molecular flexibility index (Phi) is 6.99. The summed E-state index contributed by atoms with van der Waals surface area (Å²) in [7, 11) is 2.43. The normalized spacial score (nSPS) is 11.1. The highest BCUT2D eigenvalue weighted by Crippen LogP contribution is 2.32. The van der Waals surface area contributed by atoms with Gasteiger partial charge in [0.15, 0.2) is 5.41 Å². The van der Waals surface area contributed by atoms with Gasteiger partial charge in [0.2, 0.25) is 0 Å². The Hall–Kier alpha value is -2.63. The molecule has 0 N–H and O–H groups in total. The molecule has 0 unspecified atom stereocenters. The summed E-state index contributed by atoms with van der Waals surface area (Å²) in [6.45, 7) is 1.35. The molecule has 0 amide bonds. The SMILES string of the molecule is COC(=O)C(C/C=C/COC(C)=O)(C(=O)OC)c1ccccc1. The van der Waals surface area contributed by atoms with Gasteiger partial charge >= 0.3 is 17.9 Å². The van der Waals surface area contributed by atoms with E-state index < -0.39 is 23.3 Å². The van der Waals surface area contributed by atoms with Crippen LogP contribution in [-0.2, 0) is 34.0 Å². The first-order chi connectivity index (χ1) is 11.0. The molecule has 0 heterocycles. The number of hydrogen-bond acceptors (Lipinski definition) is 6. The summed E-state index contributed by atoms with van der Waals surface area (Å²) < 4.78 is 14.4. The van der Waals surface area contributed by atoms with Crippen LogP contribution >= 0.6 is 0 Å². The van der Waals surface area contributed by atoms with Crippen LogP contribution in [0.15, 0.2) is 42.5 Å². The van der Waals surface area contributed by atoms with Gasteiger partial charge < -0.3 is 14.2 Å². The molecule has 6 nitrogen and oxygen atoms in total. The largest absolute Gasteiger partial charge is 0.468 e. The van der Waals surface area contributed by atoms with Crippen molar-refractivity contribution in [2.24, 2.45) is 0 Å². The highest BCUT2D eigenvalue weighted by atomic mass is 16.5. The van der Waals surface area contributed by atoms with Crippen LogP contribution in [0, 0.1) is 0 Å². The molecule has 0 spiro atoms. The number of allylic oxidation sites excluding steroid dienone is 1. The zero-order chi connectivity index (χ0) is 17.3. The van der Waals surface area contributed by atoms with E-state index in [0.717, 1.165) is 0 Å². The van der Waals surface area contributed by atoms with Gasteiger partial charge in [-0.05, 0) is 12.0 Å². The van der Waals surface area contributed by atoms with Gasteiger partial charge in [-0.2, -0.15) is 0 Å². The van der Waals surface area contributed by atoms with E-state index in [2.05, 4.69) is 0 Å². The number of carbonyl (C=O) groups is 3. The fourth-order valence-corrected chi connectivity index (χ4v) is 2.17. The summed E-state index contributed by atoms with van der Waals surface area (Å²) in [6.07, 6.45) is 3.17. The predicted octanol–water partition coefficient (Wildman–Crippen LogP) is 1.78. The van der Waals surface area contributed by atoms with E-state index >= 15 is 0 Å². The molecule has 0 fully saturated rings. The minimum atomic E-state index is -1.60. The van der Waals surface area contributed by atoms with Crippen LogP contribution in [0.25, 0.3) is 0 Å². The standard InChI is InChI=1S/C17H20O6/c1-13(18)23-12-8-7-11-17(15(19)21-2,16(20)22-3)14-9-5-4-6-10-14/h4-10H,11-12H2,1-3H3/b8-7+. The molecule has 0 saturated heterocycles. The van der Waals surface area contributed by atoms with E-state index in [0.29, 0.717) is 5.56 Å². The zero-order valence-electron chi connectivity index (χ0n) is 13.4. The number of carbonyl (C=O) groups excluding carboxylic acids is 3. The molecule has 0 radical (unpaired) electrons. The molecule has 0 aliphatic heterocycles. The summed E-state index contributed by atoms with van der Waals surface area (Å²) >= 11 is 0. The summed E-state index contributed by atoms with van der Waals surface area (Å²) in [4.78, 5) is 35.5. The maximum Gasteiger partial charge on any atom is 0.328 e. The van der Waals surface area contributed by atoms with Crippen molar-refractivity contribution >= 4 is 17.9 Å². The molecule has 1 rings (SSSR count). The lowest BCUT2D eigenvalue weighted by Gasteiger charge is -2.27. The van der Waals surface area contributed by atoms with Crippen LogP contribution in [0.3, 0.4) is 0 Å². The number of benzene rings is 1. The molecule has 0 bridgehead atoms. The van der Waals surface area contributed by atoms with Crippen molar-refractivity contribution in [2.75, 3.05) is 20.8 Å². The van der Waals surface area contributed by atoms with Crippen molar-refractivity contribution in [2.45, 2.75) is 18.8 Å². The summed E-state index contributed by atoms with van der Waals surface area (Å²) in [6, 6.07) is 8.54. The van der Waals surface area contributed by atoms with E-state index in [1.54, 1.807) is 42.5 Å². The Labute approximate surface area is 135 Å². The Bertz CT molecular complexity index is 560. The van der Waals surface area contributed by atoms with Gasteiger partial charge in [0.25, 0.3) is 0 Å². The van der Waals surface area contributed by atoms with Gasteiger partial charge in [-0.15, -0.1) is 0 Å². The van der Waals surface area contributed by atoms with E-state index in [9.17, 15) is 14.4 Å². The number of hydrogen-bond donors (Lipinski definition) is 0. The first-order valence-electron chi connectivity index (χ1n) is 6.99. The Morgan fingerprint density at radius 2 is 1.57 bits per heavy atom. The molecule has 0 saturated carbocycles. The lowest BCUT2D eigenvalue weighted by atomic mass is 9.77. The van der Waals surface area contributed by atoms with Crippen LogP contribution in [-0.4, -0.2) is 38.7 Å². The van der Waals surface area contributed by atoms with Crippen LogP contribution in [0.5, 0.6) is 0 Å². The maximum atomic E-state index is 12.4. The van der Waals surface area contributed by atoms with E-state index in [4.69, 9.17) is 14.2 Å². The third-order valence-electron chi connectivity index (χ3n) is 3.31. The second-order valence-electron chi connectivity index (χ2n) is 4.73. The number of esters is 3. The van der Waals surface area contributed by atoms with Gasteiger partial charge in [-0.3, -0.25) is 14.4 Å². The van der Waals surface area contributed by atoms with Crippen molar-refractivity contribution < 1.29 is 28.6 Å². The van der Waals surface area contributed by atoms with Gasteiger partial charge in [0, 0.05) is 6.92 Å². The monoisotopic (exact) mass is 320 g/mol. The fraction of sp³-hybridized carbons (Fsp3) is 0.353. The second-order valence-corrected chi connectivity index (χ2v) is 4.73. The molecule has 1 aromatic carbocycles. The minimum Gasteiger partial charge on any atom is -0.468 e. The maximum absolute atomic E-state index is 12.4. The molecule has 1 aromatic rings. The fourth-order valence-electron chi connectivity index (χ4n) is 2.17. The topological polar surface area (TPSA) is 78.9 Å². The molecule has 0 aromatic heterocycles. The quantitative estimate of drug-likeness (QED) is 0.330. The summed E-state index contributed by atoms with van der Waals surface area (Å²) in [5.74, 6) is -1.84. The average molecular weight is 320 g/mol. The molecule has 23 heavy (non-hydrogen) atoms. The van der Waals surface area contributed by atoms with Crippen LogP contribution in [0.2, 0.25) is 0 Å². The van der Waals surface area contributed by atoms with E-state index in [1.165, 1.54) is 21.1 Å². The molecular weight excluding hydrogens is 300 g/mol. The van der Waals surface area contributed by atoms with Crippen LogP contribution in [0.4, 0.5) is 0 Å². The van der Waals surface area contributed by atoms with Crippen molar-refractivity contribution in [1.82, 2.24) is 0 Å². The van der Waals surface area contributed by atoms with E-state index in [-0.39, 0.29) is 13.0 Å². The molecule has 0 atom stereocenters. The Balaban J connectivity index is 3.16. The first-order valence-corrected chi connectivity index (χ1v) is 6.99. The van der Waals surface area contributed by atoms with Gasteiger partial charge in [-0.1, -0.05) is 42.5 Å². The zero-order valence-corrected chi connectivity index (χ0v) is 13.4. The van der Waals surface area contributed by atoms with Crippen LogP contribution < -0.4 is 0 Å². The Morgan fingerprint density at radius 1 is 1.00 bits per heavy atom. The smallest absolute Gasteiger partial charge is 0.328 e. The Morgan fingerprint density at radius 3 is 2.04 bits per heavy atom. The third kappa shape index (κ3) is 4.42. The molecule has 0 aliphatic rings. The lowest BCUT2D eigenvalue weighted by molar-refractivity contribution is -0.162. The minimum absolute atomic E-state index is 0.0254. The van der Waals surface area contributed by atoms with Crippen LogP contribution in [0.1, 0.15) is 18.9 Å². The van der Waals surface area contributed by atoms with Crippen molar-refractivity contribution in [3.63, 3.8) is 0 Å². The second kappa shape index (κ2) is 8.73. The number of methoxy groups -OCH3 is 2. The predicted molar refractivity (Wildman–Crippen MR) is 82.5 cm³/mol. The van der Waals surface area contributed by atoms with Crippen molar-refractivity contribution in [3.05, 3.63) is 48.0 Å². The number of ether oxygens (including phenoxy) is 3. The van der Waals surface area contributed by atoms with Gasteiger partial charge in [0.1, 0.15) is 6.61 Å². The summed E-state index contributed by atoms with van der Waals surface area (Å²) in [5.41, 5.74) is -1.13. The molecular formula is C17H20O6. The highest BCUT2D eigenvalue weighted by Gasteiger charge is 2.49. The lowest BCUT2D eigenvalue weighted by Crippen LogP contribution is -2.45. The number of rotatable bonds is 7. The van der Waals surface area contributed by atoms with E-state index in [1.807, 2.05) is 0 Å². The first kappa shape index (κ1) is 18.4. The van der Waals surface area contributed by atoms with Gasteiger partial charge in [-0.25, -0.2) is 0 Å². The molecule has 6 heteroatoms. The molecule has 124 valence electrons. The highest BCUT2D eigenvalue weighted by molar-refractivity contribution is 6.06. The van der Waals surface area contributed by atoms with Gasteiger partial charge in [0.05, 0.1) is 14.2 Å².